The first kappa shape index (κ1) is 20.5. The lowest BCUT2D eigenvalue weighted by Crippen LogP contribution is -2.11. The molecule has 3 rings (SSSR count). The van der Waals surface area contributed by atoms with Crippen LogP contribution in [-0.4, -0.2) is 29.6 Å². The second kappa shape index (κ2) is 8.41. The molecule has 0 atom stereocenters. The Bertz CT molecular complexity index is 1230. The fraction of sp³-hybridized carbons (Fsp3) is 0.227. The summed E-state index contributed by atoms with van der Waals surface area (Å²) in [5.41, 5.74) is 6.13. The minimum atomic E-state index is -3.40. The van der Waals surface area contributed by atoms with Crippen LogP contribution in [0.3, 0.4) is 0 Å². The number of hydrogen-bond acceptors (Lipinski definition) is 5. The van der Waals surface area contributed by atoms with Gasteiger partial charge in [0.1, 0.15) is 6.33 Å². The van der Waals surface area contributed by atoms with Crippen LogP contribution in [0.25, 0.3) is 11.3 Å². The molecule has 0 aliphatic heterocycles. The van der Waals surface area contributed by atoms with Crippen LogP contribution in [0.4, 0.5) is 5.69 Å². The molecule has 3 aromatic rings. The highest BCUT2D eigenvalue weighted by atomic mass is 32.2. The molecule has 1 N–H and O–H groups in total. The summed E-state index contributed by atoms with van der Waals surface area (Å²) in [6.45, 7) is 5.80. The molecule has 2 aromatic heterocycles. The maximum Gasteiger partial charge on any atom is 0.229 e. The van der Waals surface area contributed by atoms with Crippen LogP contribution in [-0.2, 0) is 16.4 Å². The van der Waals surface area contributed by atoms with Crippen LogP contribution < -0.4 is 4.72 Å². The second-order valence-electron chi connectivity index (χ2n) is 6.69. The molecule has 0 saturated carbocycles. The largest absolute Gasteiger partial charge is 0.282 e. The number of nitrogens with one attached hydrogen (secondary N) is 1. The Morgan fingerprint density at radius 2 is 1.83 bits per heavy atom. The van der Waals surface area contributed by atoms with Crippen molar-refractivity contribution in [1.29, 1.82) is 0 Å². The number of pyridine rings is 1. The van der Waals surface area contributed by atoms with Crippen molar-refractivity contribution >= 4 is 15.7 Å². The number of nitrogens with zero attached hydrogens (tertiary/aromatic N) is 3. The molecule has 0 unspecified atom stereocenters. The van der Waals surface area contributed by atoms with Crippen molar-refractivity contribution in [2.24, 2.45) is 0 Å². The van der Waals surface area contributed by atoms with E-state index in [0.717, 1.165) is 40.8 Å². The van der Waals surface area contributed by atoms with Crippen LogP contribution in [0.5, 0.6) is 0 Å². The van der Waals surface area contributed by atoms with Crippen molar-refractivity contribution in [1.82, 2.24) is 15.0 Å². The lowest BCUT2D eigenvalue weighted by Gasteiger charge is -2.10. The molecule has 2 heterocycles. The maximum atomic E-state index is 11.6. The van der Waals surface area contributed by atoms with E-state index in [1.54, 1.807) is 25.5 Å². The van der Waals surface area contributed by atoms with Gasteiger partial charge in [-0.3, -0.25) is 9.71 Å². The standard InChI is InChI=1S/C22H22N4O2S/c1-5-20-19(22(25-14-24-20)18-9-7-6-8-15(18)2)11-10-17-12-21(16(3)23-13-17)26-29(4,27)28/h6-9,12-14,26H,5H2,1-4H3. The predicted molar refractivity (Wildman–Crippen MR) is 115 cm³/mol. The summed E-state index contributed by atoms with van der Waals surface area (Å²) in [6.07, 6.45) is 5.01. The van der Waals surface area contributed by atoms with E-state index in [0.29, 0.717) is 16.9 Å². The molecule has 0 fully saturated rings. The molecular formula is C22H22N4O2S. The third kappa shape index (κ3) is 4.98. The average Bonchev–Trinajstić information content (AvgIpc) is 2.67. The van der Waals surface area contributed by atoms with Gasteiger partial charge in [-0.2, -0.15) is 0 Å². The molecule has 29 heavy (non-hydrogen) atoms. The quantitative estimate of drug-likeness (QED) is 0.671. The summed E-state index contributed by atoms with van der Waals surface area (Å²) in [4.78, 5) is 13.1. The van der Waals surface area contributed by atoms with E-state index in [2.05, 4.69) is 31.5 Å². The maximum absolute atomic E-state index is 11.6. The molecule has 0 saturated heterocycles. The highest BCUT2D eigenvalue weighted by Gasteiger charge is 2.12. The Balaban J connectivity index is 2.10. The van der Waals surface area contributed by atoms with Crippen LogP contribution in [0.1, 0.15) is 35.0 Å². The van der Waals surface area contributed by atoms with Crippen LogP contribution in [0.2, 0.25) is 0 Å². The minimum Gasteiger partial charge on any atom is -0.282 e. The first-order valence-corrected chi connectivity index (χ1v) is 11.0. The monoisotopic (exact) mass is 406 g/mol. The smallest absolute Gasteiger partial charge is 0.229 e. The first-order valence-electron chi connectivity index (χ1n) is 9.15. The summed E-state index contributed by atoms with van der Waals surface area (Å²) in [5.74, 6) is 6.28. The molecule has 6 nitrogen and oxygen atoms in total. The molecule has 0 spiro atoms. The topological polar surface area (TPSA) is 84.8 Å². The molecule has 7 heteroatoms. The van der Waals surface area contributed by atoms with Gasteiger partial charge >= 0.3 is 0 Å². The van der Waals surface area contributed by atoms with Gasteiger partial charge in [-0.05, 0) is 31.9 Å². The summed E-state index contributed by atoms with van der Waals surface area (Å²) < 4.78 is 25.6. The van der Waals surface area contributed by atoms with Gasteiger partial charge in [0, 0.05) is 17.3 Å². The number of benzene rings is 1. The number of sulfonamides is 1. The normalized spacial score (nSPS) is 10.9. The summed E-state index contributed by atoms with van der Waals surface area (Å²) in [5, 5.41) is 0. The molecule has 0 bridgehead atoms. The fourth-order valence-electron chi connectivity index (χ4n) is 2.90. The van der Waals surface area contributed by atoms with Crippen molar-refractivity contribution in [3.8, 4) is 23.1 Å². The highest BCUT2D eigenvalue weighted by Crippen LogP contribution is 2.26. The van der Waals surface area contributed by atoms with E-state index in [4.69, 9.17) is 0 Å². The molecule has 1 aromatic carbocycles. The summed E-state index contributed by atoms with van der Waals surface area (Å²) in [6, 6.07) is 9.69. The predicted octanol–water partition coefficient (Wildman–Crippen LogP) is 3.49. The summed E-state index contributed by atoms with van der Waals surface area (Å²) in [7, 11) is -3.40. The molecule has 0 radical (unpaired) electrons. The van der Waals surface area contributed by atoms with Crippen LogP contribution in [0.15, 0.2) is 42.9 Å². The number of hydrogen-bond donors (Lipinski definition) is 1. The van der Waals surface area contributed by atoms with E-state index in [9.17, 15) is 8.42 Å². The van der Waals surface area contributed by atoms with Gasteiger partial charge in [0.2, 0.25) is 10.0 Å². The molecule has 0 aliphatic carbocycles. The van der Waals surface area contributed by atoms with Gasteiger partial charge in [0.15, 0.2) is 0 Å². The van der Waals surface area contributed by atoms with Gasteiger partial charge in [0.05, 0.1) is 34.6 Å². The zero-order valence-corrected chi connectivity index (χ0v) is 17.6. The summed E-state index contributed by atoms with van der Waals surface area (Å²) >= 11 is 0. The highest BCUT2D eigenvalue weighted by molar-refractivity contribution is 7.92. The number of rotatable bonds is 4. The zero-order chi connectivity index (χ0) is 21.0. The Hall–Kier alpha value is -3.24. The van der Waals surface area contributed by atoms with E-state index in [-0.39, 0.29) is 0 Å². The Morgan fingerprint density at radius 3 is 2.52 bits per heavy atom. The van der Waals surface area contributed by atoms with Crippen molar-refractivity contribution in [2.75, 3.05) is 11.0 Å². The fourth-order valence-corrected chi connectivity index (χ4v) is 3.51. The third-order valence-corrected chi connectivity index (χ3v) is 4.97. The molecule has 148 valence electrons. The van der Waals surface area contributed by atoms with Crippen molar-refractivity contribution in [3.05, 3.63) is 70.9 Å². The van der Waals surface area contributed by atoms with E-state index >= 15 is 0 Å². The van der Waals surface area contributed by atoms with Crippen molar-refractivity contribution < 1.29 is 8.42 Å². The average molecular weight is 407 g/mol. The van der Waals surface area contributed by atoms with Crippen LogP contribution in [0, 0.1) is 25.7 Å². The van der Waals surface area contributed by atoms with Gasteiger partial charge in [-0.25, -0.2) is 18.4 Å². The lowest BCUT2D eigenvalue weighted by molar-refractivity contribution is 0.606. The number of aromatic nitrogens is 3. The van der Waals surface area contributed by atoms with Gasteiger partial charge < -0.3 is 0 Å². The van der Waals surface area contributed by atoms with E-state index in [1.165, 1.54) is 0 Å². The van der Waals surface area contributed by atoms with Crippen LogP contribution >= 0.6 is 0 Å². The first-order chi connectivity index (χ1) is 13.8. The van der Waals surface area contributed by atoms with Crippen molar-refractivity contribution in [2.45, 2.75) is 27.2 Å². The second-order valence-corrected chi connectivity index (χ2v) is 8.44. The Kier molecular flexibility index (Phi) is 5.95. The van der Waals surface area contributed by atoms with Crippen molar-refractivity contribution in [3.63, 3.8) is 0 Å². The molecule has 0 amide bonds. The van der Waals surface area contributed by atoms with Gasteiger partial charge in [-0.15, -0.1) is 0 Å². The number of aryl methyl sites for hydroxylation is 3. The minimum absolute atomic E-state index is 0.415. The van der Waals surface area contributed by atoms with Gasteiger partial charge in [0.25, 0.3) is 0 Å². The van der Waals surface area contributed by atoms with E-state index in [1.807, 2.05) is 38.1 Å². The van der Waals surface area contributed by atoms with E-state index < -0.39 is 10.0 Å². The zero-order valence-electron chi connectivity index (χ0n) is 16.8. The number of anilines is 1. The lowest BCUT2D eigenvalue weighted by atomic mass is 9.99. The van der Waals surface area contributed by atoms with Gasteiger partial charge in [-0.1, -0.05) is 43.0 Å². The Morgan fingerprint density at radius 1 is 1.07 bits per heavy atom. The molecule has 0 aliphatic rings. The third-order valence-electron chi connectivity index (χ3n) is 4.37. The Labute approximate surface area is 171 Å². The SMILES string of the molecule is CCc1ncnc(-c2ccccc2C)c1C#Cc1cnc(C)c(NS(C)(=O)=O)c1. The molecular weight excluding hydrogens is 384 g/mol.